The van der Waals surface area contributed by atoms with Crippen LogP contribution < -0.4 is 5.32 Å². The predicted molar refractivity (Wildman–Crippen MR) is 102 cm³/mol. The third kappa shape index (κ3) is 3.84. The van der Waals surface area contributed by atoms with Gasteiger partial charge in [-0.2, -0.15) is 10.2 Å². The van der Waals surface area contributed by atoms with Crippen LogP contribution in [0.4, 0.5) is 0 Å². The minimum atomic E-state index is -0.0916. The highest BCUT2D eigenvalue weighted by atomic mass is 16.2. The normalized spacial score (nSPS) is 18.5. The average molecular weight is 358 g/mol. The van der Waals surface area contributed by atoms with E-state index in [1.807, 2.05) is 31.5 Å². The molecular formula is C20H31N5O. The zero-order valence-corrected chi connectivity index (χ0v) is 16.8. The summed E-state index contributed by atoms with van der Waals surface area (Å²) in [5, 5.41) is 15.0. The Morgan fingerprint density at radius 1 is 1.42 bits per heavy atom. The van der Waals surface area contributed by atoms with E-state index in [2.05, 4.69) is 41.4 Å². The molecule has 0 saturated heterocycles. The molecule has 0 saturated carbocycles. The molecule has 1 aliphatic rings. The Morgan fingerprint density at radius 2 is 2.15 bits per heavy atom. The summed E-state index contributed by atoms with van der Waals surface area (Å²) in [5.41, 5.74) is 5.14. The monoisotopic (exact) mass is 357 g/mol. The molecule has 0 aromatic carbocycles. The number of hydrogen-bond donors (Lipinski definition) is 2. The molecule has 3 rings (SSSR count). The number of carbonyl (C=O) groups is 1. The quantitative estimate of drug-likeness (QED) is 0.882. The van der Waals surface area contributed by atoms with Crippen molar-refractivity contribution in [1.29, 1.82) is 0 Å². The molecule has 6 nitrogen and oxygen atoms in total. The van der Waals surface area contributed by atoms with Gasteiger partial charge in [-0.05, 0) is 57.4 Å². The highest BCUT2D eigenvalue weighted by Crippen LogP contribution is 2.37. The molecule has 6 heteroatoms. The number of nitrogens with one attached hydrogen (secondary N) is 2. The smallest absolute Gasteiger partial charge is 0.272 e. The van der Waals surface area contributed by atoms with E-state index in [4.69, 9.17) is 0 Å². The number of fused-ring (bicyclic) bond motifs is 1. The molecule has 1 aliphatic carbocycles. The zero-order chi connectivity index (χ0) is 19.1. The van der Waals surface area contributed by atoms with Gasteiger partial charge in [0.2, 0.25) is 0 Å². The van der Waals surface area contributed by atoms with Gasteiger partial charge >= 0.3 is 0 Å². The van der Waals surface area contributed by atoms with Crippen molar-refractivity contribution in [2.24, 2.45) is 11.3 Å². The number of hydrogen-bond acceptors (Lipinski definition) is 3. The molecule has 0 unspecified atom stereocenters. The summed E-state index contributed by atoms with van der Waals surface area (Å²) in [6.07, 6.45) is 3.04. The first-order valence-corrected chi connectivity index (χ1v) is 9.53. The number of amides is 1. The van der Waals surface area contributed by atoms with Crippen LogP contribution in [0.5, 0.6) is 0 Å². The molecular weight excluding hydrogens is 326 g/mol. The van der Waals surface area contributed by atoms with E-state index >= 15 is 0 Å². The molecule has 142 valence electrons. The molecule has 2 atom stereocenters. The van der Waals surface area contributed by atoms with Crippen LogP contribution in [0.25, 0.3) is 0 Å². The Kier molecular flexibility index (Phi) is 4.95. The number of aryl methyl sites for hydroxylation is 3. The van der Waals surface area contributed by atoms with Crippen LogP contribution in [0.3, 0.4) is 0 Å². The molecule has 0 fully saturated rings. The van der Waals surface area contributed by atoms with Crippen LogP contribution in [0.15, 0.2) is 6.07 Å². The van der Waals surface area contributed by atoms with Crippen molar-refractivity contribution in [1.82, 2.24) is 25.3 Å². The van der Waals surface area contributed by atoms with Gasteiger partial charge in [0.15, 0.2) is 5.69 Å². The lowest BCUT2D eigenvalue weighted by Crippen LogP contribution is -2.37. The summed E-state index contributed by atoms with van der Waals surface area (Å²) >= 11 is 0. The van der Waals surface area contributed by atoms with E-state index in [1.165, 1.54) is 0 Å². The Balaban J connectivity index is 1.69. The summed E-state index contributed by atoms with van der Waals surface area (Å²) in [6.45, 7) is 13.5. The maximum absolute atomic E-state index is 12.8. The van der Waals surface area contributed by atoms with Gasteiger partial charge in [0.25, 0.3) is 5.91 Å². The highest BCUT2D eigenvalue weighted by molar-refractivity contribution is 5.94. The van der Waals surface area contributed by atoms with Gasteiger partial charge in [0, 0.05) is 23.0 Å². The molecule has 0 bridgehead atoms. The standard InChI is InChI=1S/C20H31N5O/c1-12-9-14(3)25(24-12)11-13(2)21-19(26)18-16-10-15(20(4,5)6)7-8-17(16)22-23-18/h9,13,15H,7-8,10-11H2,1-6H3,(H,21,26)(H,22,23)/t13-,15-/m1/s1. The van der Waals surface area contributed by atoms with Crippen molar-refractivity contribution in [3.05, 3.63) is 34.4 Å². The number of aromatic amines is 1. The second-order valence-electron chi connectivity index (χ2n) is 8.82. The van der Waals surface area contributed by atoms with E-state index in [1.54, 1.807) is 0 Å². The lowest BCUT2D eigenvalue weighted by molar-refractivity contribution is 0.0928. The van der Waals surface area contributed by atoms with Crippen molar-refractivity contribution >= 4 is 5.91 Å². The van der Waals surface area contributed by atoms with Gasteiger partial charge in [-0.15, -0.1) is 0 Å². The van der Waals surface area contributed by atoms with E-state index in [0.717, 1.165) is 41.9 Å². The Morgan fingerprint density at radius 3 is 2.77 bits per heavy atom. The van der Waals surface area contributed by atoms with E-state index in [0.29, 0.717) is 18.2 Å². The topological polar surface area (TPSA) is 75.6 Å². The van der Waals surface area contributed by atoms with Gasteiger partial charge in [-0.25, -0.2) is 0 Å². The molecule has 0 spiro atoms. The Hall–Kier alpha value is -2.11. The van der Waals surface area contributed by atoms with Crippen LogP contribution in [0.1, 0.15) is 67.2 Å². The van der Waals surface area contributed by atoms with Crippen LogP contribution in [0, 0.1) is 25.2 Å². The number of nitrogens with zero attached hydrogens (tertiary/aromatic N) is 3. The summed E-state index contributed by atoms with van der Waals surface area (Å²) in [4.78, 5) is 12.8. The maximum Gasteiger partial charge on any atom is 0.272 e. The molecule has 2 aromatic rings. The van der Waals surface area contributed by atoms with Gasteiger partial charge in [-0.1, -0.05) is 20.8 Å². The largest absolute Gasteiger partial charge is 0.346 e. The highest BCUT2D eigenvalue weighted by Gasteiger charge is 2.32. The molecule has 2 aromatic heterocycles. The lowest BCUT2D eigenvalue weighted by Gasteiger charge is -2.33. The van der Waals surface area contributed by atoms with Crippen molar-refractivity contribution in [2.75, 3.05) is 0 Å². The van der Waals surface area contributed by atoms with Crippen LogP contribution >= 0.6 is 0 Å². The summed E-state index contributed by atoms with van der Waals surface area (Å²) < 4.78 is 1.94. The molecule has 1 amide bonds. The Bertz CT molecular complexity index is 796. The molecule has 0 radical (unpaired) electrons. The number of rotatable bonds is 4. The summed E-state index contributed by atoms with van der Waals surface area (Å²) in [7, 11) is 0. The molecule has 2 heterocycles. The first kappa shape index (κ1) is 18.7. The SMILES string of the molecule is Cc1cc(C)n(C[C@@H](C)NC(=O)c2n[nH]c3c2C[C@H](C(C)(C)C)CC3)n1. The Labute approximate surface area is 155 Å². The fraction of sp³-hybridized carbons (Fsp3) is 0.650. The minimum Gasteiger partial charge on any atom is -0.346 e. The number of aromatic nitrogens is 4. The minimum absolute atomic E-state index is 0.0187. The summed E-state index contributed by atoms with van der Waals surface area (Å²) in [6, 6.07) is 2.03. The number of H-pyrrole nitrogens is 1. The van der Waals surface area contributed by atoms with Crippen molar-refractivity contribution < 1.29 is 4.79 Å². The maximum atomic E-state index is 12.8. The fourth-order valence-corrected chi connectivity index (χ4v) is 3.88. The fourth-order valence-electron chi connectivity index (χ4n) is 3.88. The molecule has 26 heavy (non-hydrogen) atoms. The number of carbonyl (C=O) groups excluding carboxylic acids is 1. The van der Waals surface area contributed by atoms with E-state index in [9.17, 15) is 4.79 Å². The van der Waals surface area contributed by atoms with Gasteiger partial charge in [-0.3, -0.25) is 14.6 Å². The van der Waals surface area contributed by atoms with Crippen LogP contribution in [0.2, 0.25) is 0 Å². The van der Waals surface area contributed by atoms with Crippen LogP contribution in [-0.4, -0.2) is 31.9 Å². The predicted octanol–water partition coefficient (Wildman–Crippen LogP) is 3.19. The van der Waals surface area contributed by atoms with Crippen molar-refractivity contribution in [3.8, 4) is 0 Å². The van der Waals surface area contributed by atoms with Crippen molar-refractivity contribution in [3.63, 3.8) is 0 Å². The zero-order valence-electron chi connectivity index (χ0n) is 16.8. The van der Waals surface area contributed by atoms with E-state index < -0.39 is 0 Å². The van der Waals surface area contributed by atoms with Gasteiger partial charge in [0.05, 0.1) is 12.2 Å². The first-order valence-electron chi connectivity index (χ1n) is 9.53. The van der Waals surface area contributed by atoms with Crippen molar-refractivity contribution in [2.45, 2.75) is 73.4 Å². The molecule has 2 N–H and O–H groups in total. The second-order valence-corrected chi connectivity index (χ2v) is 8.82. The molecule has 0 aliphatic heterocycles. The van der Waals surface area contributed by atoms with Crippen LogP contribution in [-0.2, 0) is 19.4 Å². The third-order valence-corrected chi connectivity index (χ3v) is 5.51. The van der Waals surface area contributed by atoms with E-state index in [-0.39, 0.29) is 17.4 Å². The van der Waals surface area contributed by atoms with Gasteiger partial charge in [0.1, 0.15) is 0 Å². The lowest BCUT2D eigenvalue weighted by atomic mass is 9.71. The third-order valence-electron chi connectivity index (χ3n) is 5.51. The second kappa shape index (κ2) is 6.89. The first-order chi connectivity index (χ1) is 12.1. The summed E-state index contributed by atoms with van der Waals surface area (Å²) in [5.74, 6) is 0.484. The van der Waals surface area contributed by atoms with Gasteiger partial charge < -0.3 is 5.32 Å². The average Bonchev–Trinajstić information content (AvgIpc) is 3.08.